The normalized spacial score (nSPS) is 10.2. The number of nitrogens with one attached hydrogen (secondary N) is 1. The van der Waals surface area contributed by atoms with Crippen LogP contribution < -0.4 is 11.1 Å². The van der Waals surface area contributed by atoms with Gasteiger partial charge in [0.25, 0.3) is 11.6 Å². The van der Waals surface area contributed by atoms with Crippen LogP contribution in [0.2, 0.25) is 5.02 Å². The van der Waals surface area contributed by atoms with Crippen LogP contribution >= 0.6 is 11.6 Å². The Bertz CT molecular complexity index is 854. The second-order valence-electron chi connectivity index (χ2n) is 5.08. The molecule has 0 aliphatic heterocycles. The van der Waals surface area contributed by atoms with Gasteiger partial charge in [0, 0.05) is 16.8 Å². The first-order valence-electron chi connectivity index (χ1n) is 7.05. The van der Waals surface area contributed by atoms with Crippen LogP contribution in [-0.4, -0.2) is 23.4 Å². The van der Waals surface area contributed by atoms with Crippen LogP contribution in [0.15, 0.2) is 36.4 Å². The van der Waals surface area contributed by atoms with Gasteiger partial charge in [-0.3, -0.25) is 14.9 Å². The fraction of sp³-hybridized carbons (Fsp3) is 0.125. The van der Waals surface area contributed by atoms with E-state index in [1.807, 2.05) is 0 Å². The summed E-state index contributed by atoms with van der Waals surface area (Å²) in [5.41, 5.74) is 6.17. The molecule has 0 radical (unpaired) electrons. The predicted molar refractivity (Wildman–Crippen MR) is 92.6 cm³/mol. The van der Waals surface area contributed by atoms with Crippen LogP contribution in [0.1, 0.15) is 15.9 Å². The van der Waals surface area contributed by atoms with Crippen molar-refractivity contribution in [2.75, 3.05) is 17.7 Å². The van der Waals surface area contributed by atoms with Crippen LogP contribution in [0.4, 0.5) is 17.1 Å². The van der Waals surface area contributed by atoms with E-state index in [4.69, 9.17) is 22.1 Å². The van der Waals surface area contributed by atoms with Crippen molar-refractivity contribution in [1.29, 1.82) is 0 Å². The molecule has 8 nitrogen and oxygen atoms in total. The molecule has 2 rings (SSSR count). The Morgan fingerprint density at radius 3 is 2.68 bits per heavy atom. The molecule has 0 atom stereocenters. The molecule has 0 heterocycles. The summed E-state index contributed by atoms with van der Waals surface area (Å²) in [5, 5.41) is 13.8. The lowest BCUT2D eigenvalue weighted by molar-refractivity contribution is -0.384. The Labute approximate surface area is 147 Å². The fourth-order valence-electron chi connectivity index (χ4n) is 2.07. The fourth-order valence-corrected chi connectivity index (χ4v) is 2.25. The number of nitro groups is 1. The molecule has 25 heavy (non-hydrogen) atoms. The van der Waals surface area contributed by atoms with Gasteiger partial charge in [0.05, 0.1) is 10.5 Å². The van der Waals surface area contributed by atoms with E-state index in [0.717, 1.165) is 0 Å². The van der Waals surface area contributed by atoms with Gasteiger partial charge in [-0.05, 0) is 30.7 Å². The van der Waals surface area contributed by atoms with Gasteiger partial charge in [0.15, 0.2) is 6.61 Å². The van der Waals surface area contributed by atoms with Gasteiger partial charge in [-0.1, -0.05) is 23.7 Å². The molecule has 0 spiro atoms. The molecule has 130 valence electrons. The van der Waals surface area contributed by atoms with E-state index in [1.165, 1.54) is 30.3 Å². The molecular weight excluding hydrogens is 350 g/mol. The zero-order valence-electron chi connectivity index (χ0n) is 13.1. The number of hydrogen-bond donors (Lipinski definition) is 2. The molecule has 9 heteroatoms. The van der Waals surface area contributed by atoms with E-state index in [9.17, 15) is 19.7 Å². The molecule has 0 saturated heterocycles. The maximum atomic E-state index is 12.0. The topological polar surface area (TPSA) is 125 Å². The third-order valence-corrected chi connectivity index (χ3v) is 3.51. The lowest BCUT2D eigenvalue weighted by Crippen LogP contribution is -2.22. The summed E-state index contributed by atoms with van der Waals surface area (Å²) in [6.07, 6.45) is 0. The second kappa shape index (κ2) is 7.63. The van der Waals surface area contributed by atoms with Crippen molar-refractivity contribution in [3.8, 4) is 0 Å². The van der Waals surface area contributed by atoms with E-state index in [0.29, 0.717) is 10.6 Å². The quantitative estimate of drug-likeness (QED) is 0.364. The minimum Gasteiger partial charge on any atom is -0.452 e. The summed E-state index contributed by atoms with van der Waals surface area (Å²) >= 11 is 5.74. The molecule has 0 bridgehead atoms. The summed E-state index contributed by atoms with van der Waals surface area (Å²) in [4.78, 5) is 34.3. The van der Waals surface area contributed by atoms with Crippen molar-refractivity contribution in [3.05, 3.63) is 62.7 Å². The third-order valence-electron chi connectivity index (χ3n) is 3.28. The monoisotopic (exact) mass is 363 g/mol. The van der Waals surface area contributed by atoms with Gasteiger partial charge in [0.1, 0.15) is 5.69 Å². The van der Waals surface area contributed by atoms with Gasteiger partial charge in [-0.15, -0.1) is 0 Å². The van der Waals surface area contributed by atoms with Gasteiger partial charge >= 0.3 is 5.97 Å². The van der Waals surface area contributed by atoms with Crippen LogP contribution in [-0.2, 0) is 9.53 Å². The molecule has 0 fully saturated rings. The van der Waals surface area contributed by atoms with Crippen LogP contribution in [0.5, 0.6) is 0 Å². The number of carbonyl (C=O) groups is 2. The molecule has 2 aromatic rings. The first kappa shape index (κ1) is 18.2. The second-order valence-corrected chi connectivity index (χ2v) is 5.52. The van der Waals surface area contributed by atoms with E-state index in [1.54, 1.807) is 13.0 Å². The smallest absolute Gasteiger partial charge is 0.340 e. The van der Waals surface area contributed by atoms with Crippen LogP contribution in [0, 0.1) is 17.0 Å². The summed E-state index contributed by atoms with van der Waals surface area (Å²) in [6, 6.07) is 8.61. The number of amides is 1. The van der Waals surface area contributed by atoms with Crippen molar-refractivity contribution in [2.45, 2.75) is 6.92 Å². The number of nitrogens with two attached hydrogens (primary N) is 1. The van der Waals surface area contributed by atoms with Gasteiger partial charge in [-0.2, -0.15) is 0 Å². The molecule has 1 amide bonds. The number of nitrogen functional groups attached to an aromatic ring is 1. The zero-order valence-corrected chi connectivity index (χ0v) is 13.9. The van der Waals surface area contributed by atoms with Crippen molar-refractivity contribution in [1.82, 2.24) is 0 Å². The van der Waals surface area contributed by atoms with Crippen molar-refractivity contribution >= 4 is 40.5 Å². The number of rotatable bonds is 5. The molecule has 0 aromatic heterocycles. The van der Waals surface area contributed by atoms with Crippen LogP contribution in [0.3, 0.4) is 0 Å². The average Bonchev–Trinajstić information content (AvgIpc) is 2.54. The standard InChI is InChI=1S/C16H14ClN3O5/c1-9-3-2-4-13(20(23)24)15(9)19-14(21)8-25-16(22)11-6-5-10(17)7-12(11)18/h2-7H,8,18H2,1H3,(H,19,21). The van der Waals surface area contributed by atoms with E-state index >= 15 is 0 Å². The number of nitro benzene ring substituents is 1. The van der Waals surface area contributed by atoms with E-state index in [-0.39, 0.29) is 22.6 Å². The summed E-state index contributed by atoms with van der Waals surface area (Å²) in [5.74, 6) is -1.51. The van der Waals surface area contributed by atoms with E-state index in [2.05, 4.69) is 5.32 Å². The Kier molecular flexibility index (Phi) is 5.56. The van der Waals surface area contributed by atoms with Crippen molar-refractivity contribution < 1.29 is 19.2 Å². The van der Waals surface area contributed by atoms with Crippen molar-refractivity contribution in [3.63, 3.8) is 0 Å². The van der Waals surface area contributed by atoms with Gasteiger partial charge in [0.2, 0.25) is 0 Å². The lowest BCUT2D eigenvalue weighted by atomic mass is 10.1. The minimum absolute atomic E-state index is 0.0551. The number of hydrogen-bond acceptors (Lipinski definition) is 6. The lowest BCUT2D eigenvalue weighted by Gasteiger charge is -2.10. The molecule has 0 saturated carbocycles. The predicted octanol–water partition coefficient (Wildman–Crippen LogP) is 2.93. The van der Waals surface area contributed by atoms with Gasteiger partial charge in [-0.25, -0.2) is 4.79 Å². The first-order chi connectivity index (χ1) is 11.8. The first-order valence-corrected chi connectivity index (χ1v) is 7.43. The summed E-state index contributed by atoms with van der Waals surface area (Å²) in [6.45, 7) is 0.995. The minimum atomic E-state index is -0.802. The Morgan fingerprint density at radius 2 is 2.04 bits per heavy atom. The molecular formula is C16H14ClN3O5. The number of nitrogens with zero attached hydrogens (tertiary/aromatic N) is 1. The van der Waals surface area contributed by atoms with Crippen molar-refractivity contribution in [2.24, 2.45) is 0 Å². The molecule has 0 unspecified atom stereocenters. The third kappa shape index (κ3) is 4.45. The molecule has 0 aliphatic rings. The molecule has 2 aromatic carbocycles. The average molecular weight is 364 g/mol. The highest BCUT2D eigenvalue weighted by molar-refractivity contribution is 6.31. The Morgan fingerprint density at radius 1 is 1.32 bits per heavy atom. The van der Waals surface area contributed by atoms with Gasteiger partial charge < -0.3 is 15.8 Å². The number of halogens is 1. The van der Waals surface area contributed by atoms with Crippen LogP contribution in [0.25, 0.3) is 0 Å². The Balaban J connectivity index is 2.04. The zero-order chi connectivity index (χ0) is 18.6. The SMILES string of the molecule is Cc1cccc([N+](=O)[O-])c1NC(=O)COC(=O)c1ccc(Cl)cc1N. The number of anilines is 2. The number of ether oxygens (including phenoxy) is 1. The summed E-state index contributed by atoms with van der Waals surface area (Å²) in [7, 11) is 0. The molecule has 3 N–H and O–H groups in total. The Hall–Kier alpha value is -3.13. The highest BCUT2D eigenvalue weighted by atomic mass is 35.5. The maximum absolute atomic E-state index is 12.0. The number of benzene rings is 2. The maximum Gasteiger partial charge on any atom is 0.340 e. The summed E-state index contributed by atoms with van der Waals surface area (Å²) < 4.78 is 4.88. The number of aryl methyl sites for hydroxylation is 1. The largest absolute Gasteiger partial charge is 0.452 e. The number of esters is 1. The highest BCUT2D eigenvalue weighted by Gasteiger charge is 2.19. The highest BCUT2D eigenvalue weighted by Crippen LogP contribution is 2.27. The number of para-hydroxylation sites is 1. The van der Waals surface area contributed by atoms with E-state index < -0.39 is 23.4 Å². The number of carbonyl (C=O) groups excluding carboxylic acids is 2. The molecule has 0 aliphatic carbocycles.